The van der Waals surface area contributed by atoms with Crippen molar-refractivity contribution in [2.75, 3.05) is 11.8 Å². The second-order valence-corrected chi connectivity index (χ2v) is 3.56. The smallest absolute Gasteiger partial charge is 0.364 e. The number of halogens is 2. The number of hydrogen-bond donors (Lipinski definition) is 1. The van der Waals surface area contributed by atoms with Crippen molar-refractivity contribution in [1.82, 2.24) is 0 Å². The van der Waals surface area contributed by atoms with Gasteiger partial charge in [0.25, 0.3) is 0 Å². The van der Waals surface area contributed by atoms with Crippen LogP contribution in [-0.2, 0) is 9.09 Å². The van der Waals surface area contributed by atoms with Gasteiger partial charge >= 0.3 is 8.25 Å². The van der Waals surface area contributed by atoms with Crippen LogP contribution in [0.1, 0.15) is 12.8 Å². The second kappa shape index (κ2) is 7.93. The minimum Gasteiger partial charge on any atom is -0.434 e. The van der Waals surface area contributed by atoms with Crippen molar-refractivity contribution in [1.29, 1.82) is 0 Å². The molecule has 3 nitrogen and oxygen atoms in total. The van der Waals surface area contributed by atoms with Crippen molar-refractivity contribution >= 4 is 31.5 Å². The maximum atomic E-state index is 10.2. The highest BCUT2D eigenvalue weighted by atomic mass is 35.5. The predicted molar refractivity (Wildman–Crippen MR) is 51.1 cm³/mol. The quantitative estimate of drug-likeness (QED) is 0.435. The van der Waals surface area contributed by atoms with Crippen molar-refractivity contribution < 1.29 is 14.0 Å². The van der Waals surface area contributed by atoms with E-state index in [1.807, 2.05) is 0 Å². The van der Waals surface area contributed by atoms with Gasteiger partial charge in [0.05, 0.1) is 6.26 Å². The SMILES string of the molecule is O=[PH](O)OC=C(CCCl)CCCl. The number of allylic oxidation sites excluding steroid dienone is 1. The van der Waals surface area contributed by atoms with E-state index in [0.717, 1.165) is 5.57 Å². The Morgan fingerprint density at radius 1 is 1.42 bits per heavy atom. The highest BCUT2D eigenvalue weighted by molar-refractivity contribution is 7.32. The Bertz CT molecular complexity index is 164. The Hall–Kier alpha value is 0.310. The van der Waals surface area contributed by atoms with E-state index in [1.54, 1.807) is 0 Å². The molecule has 0 spiro atoms. The summed E-state index contributed by atoms with van der Waals surface area (Å²) < 4.78 is 14.6. The zero-order valence-electron chi connectivity index (χ0n) is 6.43. The first kappa shape index (κ1) is 12.3. The van der Waals surface area contributed by atoms with Crippen LogP contribution in [0.3, 0.4) is 0 Å². The van der Waals surface area contributed by atoms with Gasteiger partial charge in [-0.2, -0.15) is 0 Å². The summed E-state index contributed by atoms with van der Waals surface area (Å²) >= 11 is 11.0. The van der Waals surface area contributed by atoms with Gasteiger partial charge in [-0.25, -0.2) is 4.57 Å². The number of rotatable bonds is 6. The topological polar surface area (TPSA) is 46.5 Å². The first-order valence-electron chi connectivity index (χ1n) is 3.40. The standard InChI is InChI=1S/C6H11Cl2O3P/c7-3-1-6(2-4-8)5-11-12(9)10/h5,12H,1-4H2,(H,9,10). The maximum Gasteiger partial charge on any atom is 0.364 e. The normalized spacial score (nSPS) is 12.2. The van der Waals surface area contributed by atoms with Gasteiger partial charge in [0.15, 0.2) is 0 Å². The van der Waals surface area contributed by atoms with Crippen LogP contribution in [0.2, 0.25) is 0 Å². The third-order valence-electron chi connectivity index (χ3n) is 1.16. The summed E-state index contributed by atoms with van der Waals surface area (Å²) in [6.45, 7) is 0. The van der Waals surface area contributed by atoms with Crippen LogP contribution in [0.5, 0.6) is 0 Å². The molecule has 6 heteroatoms. The van der Waals surface area contributed by atoms with E-state index in [1.165, 1.54) is 6.26 Å². The summed E-state index contributed by atoms with van der Waals surface area (Å²) in [7, 11) is -2.88. The zero-order valence-corrected chi connectivity index (χ0v) is 8.94. The molecule has 0 aliphatic rings. The molecule has 72 valence electrons. The highest BCUT2D eigenvalue weighted by Crippen LogP contribution is 2.18. The van der Waals surface area contributed by atoms with Crippen LogP contribution in [0, 0.1) is 0 Å². The highest BCUT2D eigenvalue weighted by Gasteiger charge is 1.97. The molecule has 0 saturated carbocycles. The Labute approximate surface area is 82.3 Å². The third kappa shape index (κ3) is 6.99. The van der Waals surface area contributed by atoms with Gasteiger partial charge in [-0.15, -0.1) is 23.2 Å². The van der Waals surface area contributed by atoms with Crippen LogP contribution in [0.4, 0.5) is 0 Å². The molecular weight excluding hydrogens is 222 g/mol. The Kier molecular flexibility index (Phi) is 8.14. The van der Waals surface area contributed by atoms with E-state index in [9.17, 15) is 4.57 Å². The van der Waals surface area contributed by atoms with E-state index >= 15 is 0 Å². The first-order chi connectivity index (χ1) is 5.70. The number of alkyl halides is 2. The predicted octanol–water partition coefficient (Wildman–Crippen LogP) is 2.53. The molecule has 0 fully saturated rings. The van der Waals surface area contributed by atoms with Gasteiger partial charge in [-0.05, 0) is 18.4 Å². The van der Waals surface area contributed by atoms with Crippen LogP contribution < -0.4 is 0 Å². The Morgan fingerprint density at radius 2 is 1.92 bits per heavy atom. The van der Waals surface area contributed by atoms with Crippen LogP contribution in [0.15, 0.2) is 11.8 Å². The van der Waals surface area contributed by atoms with Crippen molar-refractivity contribution in [3.8, 4) is 0 Å². The lowest BCUT2D eigenvalue weighted by Gasteiger charge is -2.01. The maximum absolute atomic E-state index is 10.2. The Balaban J connectivity index is 3.89. The van der Waals surface area contributed by atoms with Crippen LogP contribution in [0.25, 0.3) is 0 Å². The van der Waals surface area contributed by atoms with E-state index in [2.05, 4.69) is 4.52 Å². The fourth-order valence-electron chi connectivity index (χ4n) is 0.619. The molecule has 0 aromatic heterocycles. The summed E-state index contributed by atoms with van der Waals surface area (Å²) in [5.74, 6) is 0.914. The molecule has 0 aromatic carbocycles. The van der Waals surface area contributed by atoms with Gasteiger partial charge in [0, 0.05) is 11.8 Å². The molecule has 0 saturated heterocycles. The minimum atomic E-state index is -2.88. The largest absolute Gasteiger partial charge is 0.434 e. The lowest BCUT2D eigenvalue weighted by atomic mass is 10.2. The fourth-order valence-corrected chi connectivity index (χ4v) is 1.37. The average molecular weight is 233 g/mol. The van der Waals surface area contributed by atoms with Crippen molar-refractivity contribution in [3.05, 3.63) is 11.8 Å². The molecule has 0 aliphatic heterocycles. The molecule has 0 amide bonds. The molecule has 1 N–H and O–H groups in total. The summed E-state index contributed by atoms with van der Waals surface area (Å²) in [5, 5.41) is 0. The molecule has 1 unspecified atom stereocenters. The fraction of sp³-hybridized carbons (Fsp3) is 0.667. The zero-order chi connectivity index (χ0) is 9.40. The average Bonchev–Trinajstić information content (AvgIpc) is 2.01. The van der Waals surface area contributed by atoms with E-state index in [0.29, 0.717) is 24.6 Å². The molecule has 0 bridgehead atoms. The molecule has 1 atom stereocenters. The van der Waals surface area contributed by atoms with Gasteiger partial charge in [0.2, 0.25) is 0 Å². The van der Waals surface area contributed by atoms with E-state index in [4.69, 9.17) is 28.1 Å². The van der Waals surface area contributed by atoms with E-state index < -0.39 is 8.25 Å². The molecule has 0 aliphatic carbocycles. The molecule has 0 aromatic rings. The summed E-state index contributed by atoms with van der Waals surface area (Å²) in [6.07, 6.45) is 2.53. The summed E-state index contributed by atoms with van der Waals surface area (Å²) in [6, 6.07) is 0. The molecule has 0 radical (unpaired) electrons. The summed E-state index contributed by atoms with van der Waals surface area (Å²) in [5.41, 5.74) is 0.854. The van der Waals surface area contributed by atoms with Gasteiger partial charge in [0.1, 0.15) is 0 Å². The second-order valence-electron chi connectivity index (χ2n) is 2.04. The third-order valence-corrected chi connectivity index (χ3v) is 1.86. The van der Waals surface area contributed by atoms with Crippen molar-refractivity contribution in [2.45, 2.75) is 12.8 Å². The van der Waals surface area contributed by atoms with Crippen molar-refractivity contribution in [2.24, 2.45) is 0 Å². The monoisotopic (exact) mass is 232 g/mol. The summed E-state index contributed by atoms with van der Waals surface area (Å²) in [4.78, 5) is 8.35. The minimum absolute atomic E-state index is 0.457. The van der Waals surface area contributed by atoms with Crippen LogP contribution >= 0.6 is 31.5 Å². The molecule has 12 heavy (non-hydrogen) atoms. The van der Waals surface area contributed by atoms with Crippen LogP contribution in [-0.4, -0.2) is 16.7 Å². The van der Waals surface area contributed by atoms with Gasteiger partial charge in [-0.3, -0.25) is 0 Å². The lowest BCUT2D eigenvalue weighted by molar-refractivity contribution is 0.374. The van der Waals surface area contributed by atoms with E-state index in [-0.39, 0.29) is 0 Å². The molecule has 0 rings (SSSR count). The van der Waals surface area contributed by atoms with Gasteiger partial charge < -0.3 is 9.42 Å². The lowest BCUT2D eigenvalue weighted by Crippen LogP contribution is -1.87. The van der Waals surface area contributed by atoms with Gasteiger partial charge in [-0.1, -0.05) is 0 Å². The Morgan fingerprint density at radius 3 is 2.25 bits per heavy atom. The first-order valence-corrected chi connectivity index (χ1v) is 5.73. The molecule has 0 heterocycles. The van der Waals surface area contributed by atoms with Crippen molar-refractivity contribution in [3.63, 3.8) is 0 Å². The molecular formula is C6H11Cl2O3P. The number of hydrogen-bond acceptors (Lipinski definition) is 2.